The number of ketones is 1. The topological polar surface area (TPSA) is 549 Å². The van der Waals surface area contributed by atoms with Crippen molar-refractivity contribution >= 4 is 33.5 Å². The second-order valence-corrected chi connectivity index (χ2v) is 18.7. The summed E-state index contributed by atoms with van der Waals surface area (Å²) >= 11 is 0. The summed E-state index contributed by atoms with van der Waals surface area (Å²) in [5, 5.41) is 89.8. The summed E-state index contributed by atoms with van der Waals surface area (Å²) in [6.07, 6.45) is -20.4. The normalized spacial score (nSPS) is 30.3. The fraction of sp³-hybridized carbons (Fsp3) is 0.556. The van der Waals surface area contributed by atoms with Gasteiger partial charge >= 0.3 is 39.1 Å². The minimum absolute atomic E-state index is 0.120. The first-order chi connectivity index (χ1) is 33.5. The molecule has 16 N–H and O–H groups in total. The number of aromatic nitrogens is 5. The monoisotopic (exact) mass is 1070 g/mol. The summed E-state index contributed by atoms with van der Waals surface area (Å²) < 4.78 is 54.0. The van der Waals surface area contributed by atoms with Crippen LogP contribution in [0.1, 0.15) is 37.6 Å². The van der Waals surface area contributed by atoms with Gasteiger partial charge in [-0.25, -0.2) is 18.7 Å². The van der Waals surface area contributed by atoms with E-state index in [4.69, 9.17) is 29.5 Å². The van der Waals surface area contributed by atoms with Crippen molar-refractivity contribution in [3.8, 4) is 0 Å². The number of phosphoric ester groups is 2. The van der Waals surface area contributed by atoms with Gasteiger partial charge in [0.05, 0.1) is 31.3 Å². The molecule has 0 bridgehead atoms. The Morgan fingerprint density at radius 2 is 1.32 bits per heavy atom. The Hall–Kier alpha value is -5.39. The maximum Gasteiger partial charge on any atom is 0.483 e. The van der Waals surface area contributed by atoms with Crippen LogP contribution in [0.3, 0.4) is 0 Å². The fourth-order valence-corrected chi connectivity index (χ4v) is 9.22. The van der Waals surface area contributed by atoms with E-state index in [1.165, 1.54) is 25.1 Å². The van der Waals surface area contributed by atoms with E-state index in [1.54, 1.807) is 0 Å². The molecule has 3 aromatic heterocycles. The van der Waals surface area contributed by atoms with Crippen molar-refractivity contribution < 1.29 is 112 Å². The van der Waals surface area contributed by atoms with Gasteiger partial charge in [-0.2, -0.15) is 13.9 Å². The zero-order chi connectivity index (χ0) is 54.2. The van der Waals surface area contributed by atoms with Crippen LogP contribution in [0.5, 0.6) is 0 Å². The molecular weight excluding hydrogens is 1030 g/mol. The van der Waals surface area contributed by atoms with Crippen LogP contribution in [0.4, 0.5) is 0 Å². The highest BCUT2D eigenvalue weighted by Gasteiger charge is 2.51. The maximum atomic E-state index is 12.8. The second kappa shape index (κ2) is 25.0. The second-order valence-electron chi connectivity index (χ2n) is 15.7. The van der Waals surface area contributed by atoms with Gasteiger partial charge in [0, 0.05) is 48.6 Å². The number of carboxylic acids is 1. The number of aromatic amines is 3. The number of hydrogen-bond acceptors (Lipinski definition) is 26. The largest absolute Gasteiger partial charge is 0.483 e. The van der Waals surface area contributed by atoms with Crippen LogP contribution < -0.4 is 33.8 Å². The highest BCUT2D eigenvalue weighted by atomic mass is 31.3. The molecule has 0 saturated carbocycles. The van der Waals surface area contributed by atoms with E-state index in [0.717, 1.165) is 33.7 Å². The lowest BCUT2D eigenvalue weighted by molar-refractivity contribution is -0.245. The average Bonchev–Trinajstić information content (AvgIpc) is 3.75. The standard InChI is InChI=1S/C21H26N4O10.C14H22N2O16P2.CO2/c1-8(15(29)10-3-2-4-12(27)23-10)14(22)11(26)7-9(20(32)33)18-16(30)17(31)19(35-18)25-6-5-13(28)24-21(25)34;17-5-3-28-13(11(22)8(5)19)31-34(26,27)32-33(24,25)29-4-6-9(20)10(21)12(30-6)16-2-1-7(18)15-14(16)23;2-1-3/h2-6,8-9,14-19,29-31H,7,22H2,1H3,(H,23,27)(H,32,33)(H,24,28,34);1-2,5-6,8-13,17,19-22H,3-4H2,(H,24,25)(H,26,27)(H,15,18,23);/t8-,9-,14-,15-,16?,17?,18?,19?;5-,6?,8+,9?,10?,11-,12?,13?;/m00./s1. The zero-order valence-electron chi connectivity index (χ0n) is 36.6. The smallest absolute Gasteiger partial charge is 0.481 e. The summed E-state index contributed by atoms with van der Waals surface area (Å²) in [6.45, 7) is -0.152. The maximum absolute atomic E-state index is 12.8. The van der Waals surface area contributed by atoms with Crippen LogP contribution in [0.15, 0.2) is 66.7 Å². The molecule has 34 nitrogen and oxygen atoms in total. The molecule has 36 heteroatoms. The minimum Gasteiger partial charge on any atom is -0.481 e. The van der Waals surface area contributed by atoms with E-state index in [-0.39, 0.29) is 11.8 Å². The minimum atomic E-state index is -5.47. The average molecular weight is 1070 g/mol. The predicted molar refractivity (Wildman–Crippen MR) is 225 cm³/mol. The van der Waals surface area contributed by atoms with E-state index in [9.17, 15) is 98.4 Å². The number of carboxylic acid groups (broad SMARTS) is 1. The van der Waals surface area contributed by atoms with Crippen LogP contribution in [0, 0.1) is 11.8 Å². The van der Waals surface area contributed by atoms with Gasteiger partial charge < -0.3 is 80.7 Å². The molecule has 0 aromatic carbocycles. The molecule has 11 unspecified atom stereocenters. The first kappa shape index (κ1) is 59.2. The Kier molecular flexibility index (Phi) is 20.6. The van der Waals surface area contributed by atoms with Crippen LogP contribution in [0.25, 0.3) is 0 Å². The molecule has 18 atom stereocenters. The zero-order valence-corrected chi connectivity index (χ0v) is 38.4. The Bertz CT molecular complexity index is 2790. The number of nitrogens with one attached hydrogen (secondary N) is 3. The molecule has 3 fully saturated rings. The lowest BCUT2D eigenvalue weighted by atomic mass is 9.85. The van der Waals surface area contributed by atoms with Crippen LogP contribution in [0.2, 0.25) is 0 Å². The molecule has 0 aliphatic carbocycles. The predicted octanol–water partition coefficient (Wildman–Crippen LogP) is -7.54. The van der Waals surface area contributed by atoms with Gasteiger partial charge in [0.25, 0.3) is 11.1 Å². The molecule has 6 rings (SSSR count). The lowest BCUT2D eigenvalue weighted by Gasteiger charge is -2.35. The van der Waals surface area contributed by atoms with Crippen molar-refractivity contribution in [2.45, 2.75) is 99.2 Å². The number of nitrogens with two attached hydrogens (primary N) is 1. The van der Waals surface area contributed by atoms with Crippen molar-refractivity contribution in [1.29, 1.82) is 0 Å². The van der Waals surface area contributed by atoms with Gasteiger partial charge in [-0.1, -0.05) is 13.0 Å². The van der Waals surface area contributed by atoms with E-state index >= 15 is 0 Å². The number of aliphatic hydroxyl groups excluding tert-OH is 8. The molecule has 0 spiro atoms. The Balaban J connectivity index is 0.000000296. The number of nitrogens with zero attached hydrogens (tertiary/aromatic N) is 2. The molecule has 3 aromatic rings. The molecule has 6 heterocycles. The first-order valence-corrected chi connectivity index (χ1v) is 23.4. The van der Waals surface area contributed by atoms with E-state index in [2.05, 4.69) is 18.3 Å². The number of aliphatic hydroxyl groups is 8. The number of H-pyrrole nitrogens is 3. The van der Waals surface area contributed by atoms with Gasteiger partial charge in [0.2, 0.25) is 5.56 Å². The number of phosphoric acid groups is 2. The number of carbonyl (C=O) groups is 2. The van der Waals surface area contributed by atoms with Crippen molar-refractivity contribution in [1.82, 2.24) is 24.1 Å². The fourth-order valence-electron chi connectivity index (χ4n) is 7.05. The molecule has 3 aliphatic rings. The Morgan fingerprint density at radius 3 is 1.85 bits per heavy atom. The molecular formula is C36H48N6O28P2. The molecule has 3 aliphatic heterocycles. The third-order valence-corrected chi connectivity index (χ3v) is 13.4. The van der Waals surface area contributed by atoms with E-state index in [0.29, 0.717) is 0 Å². The van der Waals surface area contributed by atoms with Crippen molar-refractivity contribution in [2.75, 3.05) is 13.2 Å². The van der Waals surface area contributed by atoms with E-state index < -0.39 is 173 Å². The first-order valence-electron chi connectivity index (χ1n) is 20.4. The van der Waals surface area contributed by atoms with Gasteiger partial charge in [-0.15, -0.1) is 0 Å². The molecule has 0 amide bonds. The quantitative estimate of drug-likeness (QED) is 0.0558. The third kappa shape index (κ3) is 14.9. The number of aliphatic carboxylic acids is 1. The summed E-state index contributed by atoms with van der Waals surface area (Å²) in [5.74, 6) is -4.90. The van der Waals surface area contributed by atoms with Crippen molar-refractivity contribution in [2.24, 2.45) is 17.6 Å². The van der Waals surface area contributed by atoms with Gasteiger partial charge in [0.15, 0.2) is 24.5 Å². The van der Waals surface area contributed by atoms with Crippen molar-refractivity contribution in [3.05, 3.63) is 100 Å². The highest BCUT2D eigenvalue weighted by molar-refractivity contribution is 7.61. The summed E-state index contributed by atoms with van der Waals surface area (Å²) in [6, 6.07) is 4.64. The molecule has 400 valence electrons. The SMILES string of the molecule is C[C@@H]([C@H](N)C(=O)C[C@H](C(=O)O)C1OC(n2ccc(=O)[nH]c2=O)C(O)C1O)[C@H](O)c1cccc(=O)[nH]1.O=C=O.O=c1ccn(C2OC(COP(=O)(O)OP(=O)(O)OC3OC[C@H](O)[C@@H](O)[C@@H]3O)C(O)C2O)c(=O)[nH]1. The molecule has 3 saturated heterocycles. The molecule has 0 radical (unpaired) electrons. The highest BCUT2D eigenvalue weighted by Crippen LogP contribution is 2.61. The van der Waals surface area contributed by atoms with Gasteiger partial charge in [0.1, 0.15) is 54.9 Å². The number of pyridine rings is 1. The number of rotatable bonds is 17. The summed E-state index contributed by atoms with van der Waals surface area (Å²) in [4.78, 5) is 125. The number of hydrogen-bond donors (Lipinski definition) is 15. The van der Waals surface area contributed by atoms with Gasteiger partial charge in [-0.05, 0) is 6.07 Å². The van der Waals surface area contributed by atoms with Crippen LogP contribution in [-0.4, -0.2) is 178 Å². The number of carbonyl (C=O) groups excluding carboxylic acids is 3. The third-order valence-electron chi connectivity index (χ3n) is 10.8. The number of Topliss-reactive ketones (excluding diaryl/α,β-unsaturated/α-hetero) is 1. The Labute approximate surface area is 399 Å². The molecule has 72 heavy (non-hydrogen) atoms. The van der Waals surface area contributed by atoms with Gasteiger partial charge in [-0.3, -0.25) is 52.1 Å². The van der Waals surface area contributed by atoms with Crippen LogP contribution in [-0.2, 0) is 55.9 Å². The number of ether oxygens (including phenoxy) is 3. The van der Waals surface area contributed by atoms with E-state index in [1.807, 2.05) is 9.97 Å². The Morgan fingerprint density at radius 1 is 0.792 bits per heavy atom. The van der Waals surface area contributed by atoms with Crippen molar-refractivity contribution in [3.63, 3.8) is 0 Å². The summed E-state index contributed by atoms with van der Waals surface area (Å²) in [5.41, 5.74) is 2.23. The van der Waals surface area contributed by atoms with Crippen LogP contribution >= 0.6 is 15.6 Å². The summed E-state index contributed by atoms with van der Waals surface area (Å²) in [7, 11) is -10.9. The lowest BCUT2D eigenvalue weighted by Crippen LogP contribution is -2.53.